The van der Waals surface area contributed by atoms with Crippen molar-refractivity contribution in [2.24, 2.45) is 0 Å². The summed E-state index contributed by atoms with van der Waals surface area (Å²) in [5.41, 5.74) is 4.35. The minimum absolute atomic E-state index is 0.134. The first kappa shape index (κ1) is 20.2. The van der Waals surface area contributed by atoms with Gasteiger partial charge in [0, 0.05) is 12.3 Å². The van der Waals surface area contributed by atoms with E-state index in [2.05, 4.69) is 20.9 Å². The third-order valence-electron chi connectivity index (χ3n) is 5.95. The van der Waals surface area contributed by atoms with Crippen LogP contribution in [0.15, 0.2) is 33.9 Å². The van der Waals surface area contributed by atoms with E-state index in [1.807, 2.05) is 24.3 Å². The standard InChI is InChI=1S/C23H24N4O3S/c24-12-17-16-7-1-3-9-19(16)27(13-15-6-5-11-29-15)22(17)26-21(28)14-31-23-25-18-8-2-4-10-20(18)30-23/h2,4,8,10,15H,1,3,5-7,9,11,13-14H2,(H,26,28). The molecule has 0 spiro atoms. The maximum Gasteiger partial charge on any atom is 0.257 e. The predicted molar refractivity (Wildman–Crippen MR) is 118 cm³/mol. The molecule has 1 amide bonds. The van der Waals surface area contributed by atoms with Crippen LogP contribution in [0.1, 0.15) is 42.5 Å². The largest absolute Gasteiger partial charge is 0.431 e. The maximum absolute atomic E-state index is 12.8. The van der Waals surface area contributed by atoms with Gasteiger partial charge in [0.2, 0.25) is 5.91 Å². The Morgan fingerprint density at radius 1 is 1.29 bits per heavy atom. The Morgan fingerprint density at radius 3 is 2.97 bits per heavy atom. The van der Waals surface area contributed by atoms with Gasteiger partial charge in [0.15, 0.2) is 5.58 Å². The average molecular weight is 437 g/mol. The highest BCUT2D eigenvalue weighted by Crippen LogP contribution is 2.34. The summed E-state index contributed by atoms with van der Waals surface area (Å²) in [5.74, 6) is 0.605. The van der Waals surface area contributed by atoms with Crippen LogP contribution in [0.25, 0.3) is 11.1 Å². The maximum atomic E-state index is 12.8. The highest BCUT2D eigenvalue weighted by atomic mass is 32.2. The molecule has 160 valence electrons. The molecule has 3 heterocycles. The van der Waals surface area contributed by atoms with Crippen molar-refractivity contribution in [3.63, 3.8) is 0 Å². The molecule has 0 saturated carbocycles. The Labute approximate surface area is 184 Å². The van der Waals surface area contributed by atoms with Gasteiger partial charge in [0.25, 0.3) is 5.22 Å². The van der Waals surface area contributed by atoms with Crippen molar-refractivity contribution in [3.8, 4) is 6.07 Å². The fourth-order valence-electron chi connectivity index (χ4n) is 4.52. The Morgan fingerprint density at radius 2 is 2.16 bits per heavy atom. The summed E-state index contributed by atoms with van der Waals surface area (Å²) in [4.78, 5) is 17.2. The highest BCUT2D eigenvalue weighted by Gasteiger charge is 2.28. The van der Waals surface area contributed by atoms with Gasteiger partial charge in [-0.1, -0.05) is 23.9 Å². The zero-order valence-electron chi connectivity index (χ0n) is 17.2. The van der Waals surface area contributed by atoms with Crippen molar-refractivity contribution < 1.29 is 13.9 Å². The Bertz CT molecular complexity index is 1120. The lowest BCUT2D eigenvalue weighted by molar-refractivity contribution is -0.113. The lowest BCUT2D eigenvalue weighted by Crippen LogP contribution is -2.23. The number of fused-ring (bicyclic) bond motifs is 2. The van der Waals surface area contributed by atoms with Crippen molar-refractivity contribution in [1.82, 2.24) is 9.55 Å². The van der Waals surface area contributed by atoms with Gasteiger partial charge in [-0.25, -0.2) is 4.98 Å². The van der Waals surface area contributed by atoms with Gasteiger partial charge in [-0.05, 0) is 56.2 Å². The molecule has 3 aromatic rings. The molecule has 5 rings (SSSR count). The lowest BCUT2D eigenvalue weighted by Gasteiger charge is -2.19. The zero-order valence-corrected chi connectivity index (χ0v) is 18.0. The van der Waals surface area contributed by atoms with Crippen molar-refractivity contribution in [1.29, 1.82) is 5.26 Å². The third kappa shape index (κ3) is 4.08. The fraction of sp³-hybridized carbons (Fsp3) is 0.435. The van der Waals surface area contributed by atoms with Gasteiger partial charge >= 0.3 is 0 Å². The molecule has 0 bridgehead atoms. The van der Waals surface area contributed by atoms with Crippen molar-refractivity contribution >= 4 is 34.6 Å². The van der Waals surface area contributed by atoms with E-state index in [0.717, 1.165) is 56.2 Å². The van der Waals surface area contributed by atoms with Gasteiger partial charge in [0.1, 0.15) is 17.4 Å². The summed E-state index contributed by atoms with van der Waals surface area (Å²) < 4.78 is 13.7. The normalized spacial score (nSPS) is 18.1. The van der Waals surface area contributed by atoms with Crippen LogP contribution in [0.3, 0.4) is 0 Å². The number of nitrogens with one attached hydrogen (secondary N) is 1. The van der Waals surface area contributed by atoms with Crippen molar-refractivity contribution in [2.75, 3.05) is 17.7 Å². The number of aromatic nitrogens is 2. The lowest BCUT2D eigenvalue weighted by atomic mass is 9.95. The second-order valence-electron chi connectivity index (χ2n) is 8.00. The molecule has 1 atom stereocenters. The minimum atomic E-state index is -0.174. The monoisotopic (exact) mass is 436 g/mol. The van der Waals surface area contributed by atoms with Crippen LogP contribution in [-0.2, 0) is 28.9 Å². The number of ether oxygens (including phenoxy) is 1. The zero-order chi connectivity index (χ0) is 21.2. The van der Waals surface area contributed by atoms with Gasteiger partial charge < -0.3 is 19.0 Å². The molecule has 1 unspecified atom stereocenters. The summed E-state index contributed by atoms with van der Waals surface area (Å²) in [7, 11) is 0. The first-order chi connectivity index (χ1) is 15.2. The quantitative estimate of drug-likeness (QED) is 0.580. The Hall–Kier alpha value is -2.76. The number of oxazole rings is 1. The smallest absolute Gasteiger partial charge is 0.257 e. The molecular weight excluding hydrogens is 412 g/mol. The molecule has 7 nitrogen and oxygen atoms in total. The van der Waals surface area contributed by atoms with Crippen LogP contribution in [0.2, 0.25) is 0 Å². The molecule has 2 aliphatic rings. The van der Waals surface area contributed by atoms with E-state index >= 15 is 0 Å². The van der Waals surface area contributed by atoms with E-state index in [4.69, 9.17) is 9.15 Å². The number of nitrogens with zero attached hydrogens (tertiary/aromatic N) is 3. The number of hydrogen-bond donors (Lipinski definition) is 1. The van der Waals surface area contributed by atoms with Gasteiger partial charge in [0.05, 0.1) is 24.0 Å². The topological polar surface area (TPSA) is 93.1 Å². The average Bonchev–Trinajstić information content (AvgIpc) is 3.51. The molecule has 1 aliphatic heterocycles. The molecule has 1 aromatic carbocycles. The number of nitriles is 1. The SMILES string of the molecule is N#Cc1c2c(n(CC3CCCO3)c1NC(=O)CSc1nc3ccccc3o1)CCCC2. The van der Waals surface area contributed by atoms with Gasteiger partial charge in [-0.2, -0.15) is 5.26 Å². The molecule has 1 aliphatic carbocycles. The summed E-state index contributed by atoms with van der Waals surface area (Å²) in [5, 5.41) is 13.4. The molecule has 2 aromatic heterocycles. The van der Waals surface area contributed by atoms with E-state index in [9.17, 15) is 10.1 Å². The van der Waals surface area contributed by atoms with Crippen LogP contribution in [0.4, 0.5) is 5.82 Å². The van der Waals surface area contributed by atoms with Gasteiger partial charge in [-0.3, -0.25) is 4.79 Å². The molecule has 31 heavy (non-hydrogen) atoms. The highest BCUT2D eigenvalue weighted by molar-refractivity contribution is 7.99. The van der Waals surface area contributed by atoms with Crippen LogP contribution >= 0.6 is 11.8 Å². The number of para-hydroxylation sites is 2. The second-order valence-corrected chi connectivity index (χ2v) is 8.92. The number of hydrogen-bond acceptors (Lipinski definition) is 6. The molecule has 0 radical (unpaired) electrons. The molecule has 1 saturated heterocycles. The van der Waals surface area contributed by atoms with E-state index < -0.39 is 0 Å². The first-order valence-electron chi connectivity index (χ1n) is 10.8. The van der Waals surface area contributed by atoms with Gasteiger partial charge in [-0.15, -0.1) is 0 Å². The molecular formula is C23H24N4O3S. The van der Waals surface area contributed by atoms with E-state index in [0.29, 0.717) is 28.7 Å². The molecule has 8 heteroatoms. The van der Waals surface area contributed by atoms with Crippen LogP contribution < -0.4 is 5.32 Å². The first-order valence-corrected chi connectivity index (χ1v) is 11.8. The van der Waals surface area contributed by atoms with E-state index in [1.165, 1.54) is 17.5 Å². The summed E-state index contributed by atoms with van der Waals surface area (Å²) in [6.07, 6.45) is 6.20. The Kier molecular flexibility index (Phi) is 5.70. The van der Waals surface area contributed by atoms with Crippen molar-refractivity contribution in [3.05, 3.63) is 41.1 Å². The summed E-state index contributed by atoms with van der Waals surface area (Å²) >= 11 is 1.25. The van der Waals surface area contributed by atoms with E-state index in [1.54, 1.807) is 0 Å². The number of carbonyl (C=O) groups excluding carboxylic acids is 1. The number of rotatable bonds is 6. The molecule has 1 fully saturated rings. The minimum Gasteiger partial charge on any atom is -0.431 e. The van der Waals surface area contributed by atoms with Crippen molar-refractivity contribution in [2.45, 2.75) is 56.4 Å². The number of thioether (sulfide) groups is 1. The molecule has 1 N–H and O–H groups in total. The predicted octanol–water partition coefficient (Wildman–Crippen LogP) is 4.29. The van der Waals surface area contributed by atoms with Crippen LogP contribution in [0.5, 0.6) is 0 Å². The third-order valence-corrected chi connectivity index (χ3v) is 6.78. The number of amides is 1. The Balaban J connectivity index is 1.36. The number of benzene rings is 1. The van der Waals surface area contributed by atoms with E-state index in [-0.39, 0.29) is 17.8 Å². The van der Waals surface area contributed by atoms with Crippen LogP contribution in [-0.4, -0.2) is 33.9 Å². The summed E-state index contributed by atoms with van der Waals surface area (Å²) in [6.45, 7) is 1.46. The fourth-order valence-corrected chi connectivity index (χ4v) is 5.16. The second kappa shape index (κ2) is 8.77. The number of anilines is 1. The summed E-state index contributed by atoms with van der Waals surface area (Å²) in [6, 6.07) is 9.88. The number of carbonyl (C=O) groups is 1. The van der Waals surface area contributed by atoms with Crippen LogP contribution in [0, 0.1) is 11.3 Å².